The van der Waals surface area contributed by atoms with Gasteiger partial charge >= 0.3 is 7.52 Å². The van der Waals surface area contributed by atoms with Crippen molar-refractivity contribution >= 4 is 40.8 Å². The molecule has 2 aliphatic rings. The number of amides is 2. The van der Waals surface area contributed by atoms with Gasteiger partial charge in [0.2, 0.25) is 5.91 Å². The number of fused-ring (bicyclic) bond motifs is 2. The van der Waals surface area contributed by atoms with E-state index in [0.717, 1.165) is 34.3 Å². The molecule has 0 radical (unpaired) electrons. The van der Waals surface area contributed by atoms with E-state index in [-0.39, 0.29) is 19.7 Å². The number of rotatable bonds is 4. The molecule has 0 unspecified atom stereocenters. The van der Waals surface area contributed by atoms with Crippen LogP contribution < -0.4 is 22.6 Å². The number of para-hydroxylation sites is 1. The van der Waals surface area contributed by atoms with E-state index in [9.17, 15) is 9.59 Å². The molecule has 9 heteroatoms. The second-order valence-electron chi connectivity index (χ2n) is 6.80. The number of carbonyl (C=O) groups is 2. The number of carbonyl (C=O) groups excluding carboxylic acids is 2. The number of halogens is 1. The maximum Gasteiger partial charge on any atom is 1.00 e. The Morgan fingerprint density at radius 3 is 2.63 bits per heavy atom. The van der Waals surface area contributed by atoms with E-state index in [1.165, 1.54) is 7.11 Å². The van der Waals surface area contributed by atoms with E-state index in [1.807, 2.05) is 42.5 Å². The van der Waals surface area contributed by atoms with Crippen molar-refractivity contribution in [3.05, 3.63) is 42.5 Å². The van der Waals surface area contributed by atoms with E-state index in [1.54, 1.807) is 16.7 Å². The van der Waals surface area contributed by atoms with Gasteiger partial charge < -0.3 is 21.9 Å². The summed E-state index contributed by atoms with van der Waals surface area (Å²) in [6.07, 6.45) is -0.133. The highest BCUT2D eigenvalue weighted by molar-refractivity contribution is 7.99. The molecule has 2 aromatic rings. The van der Waals surface area contributed by atoms with Crippen molar-refractivity contribution in [1.29, 1.82) is 0 Å². The van der Waals surface area contributed by atoms with E-state index in [2.05, 4.69) is 15.0 Å². The summed E-state index contributed by atoms with van der Waals surface area (Å²) in [5.41, 5.74) is 2.23. The molecule has 1 saturated heterocycles. The summed E-state index contributed by atoms with van der Waals surface area (Å²) in [5.74, 6) is 0.0284. The lowest BCUT2D eigenvalue weighted by atomic mass is 10.2. The number of nitrogens with one attached hydrogen (secondary N) is 1. The first kappa shape index (κ1) is 22.4. The van der Waals surface area contributed by atoms with Gasteiger partial charge in [0.15, 0.2) is 0 Å². The fourth-order valence-electron chi connectivity index (χ4n) is 3.46. The molecule has 2 heterocycles. The van der Waals surface area contributed by atoms with Gasteiger partial charge in [0.1, 0.15) is 0 Å². The third-order valence-corrected chi connectivity index (χ3v) is 6.08. The van der Waals surface area contributed by atoms with Crippen LogP contribution in [0.15, 0.2) is 52.3 Å². The van der Waals surface area contributed by atoms with Crippen LogP contribution >= 0.6 is 11.8 Å². The average Bonchev–Trinajstić information content (AvgIpc) is 2.76. The fourth-order valence-corrected chi connectivity index (χ4v) is 4.50. The summed E-state index contributed by atoms with van der Waals surface area (Å²) in [7, 11) is 1.32. The highest BCUT2D eigenvalue weighted by atomic mass is 35.5. The van der Waals surface area contributed by atoms with Gasteiger partial charge in [-0.1, -0.05) is 23.9 Å². The molecule has 160 valence electrons. The number of ether oxygens (including phenoxy) is 2. The largest absolute Gasteiger partial charge is 1.00 e. The lowest BCUT2D eigenvalue weighted by molar-refractivity contribution is -0.118. The SMILES string of the molecule is COC(=O)Nc1ccc2c(c1)N(C(=O)CCN1CCOCC1)c1ccccc1S2.[Cl-].[H+]. The van der Waals surface area contributed by atoms with Crippen LogP contribution in [0.3, 0.4) is 0 Å². The Morgan fingerprint density at radius 2 is 1.87 bits per heavy atom. The van der Waals surface area contributed by atoms with Crippen LogP contribution in [0.2, 0.25) is 0 Å². The van der Waals surface area contributed by atoms with Crippen molar-refractivity contribution in [2.45, 2.75) is 16.2 Å². The second-order valence-corrected chi connectivity index (χ2v) is 7.89. The standard InChI is InChI=1S/C21H23N3O4S.ClH/c1-27-21(26)22-15-6-7-19-17(14-15)24(16-4-2-3-5-18(16)29-19)20(25)8-9-23-10-12-28-13-11-23;/h2-7,14H,8-13H2,1H3,(H,22,26);1H. The van der Waals surface area contributed by atoms with Gasteiger partial charge in [-0.2, -0.15) is 0 Å². The van der Waals surface area contributed by atoms with Crippen molar-refractivity contribution < 1.29 is 32.9 Å². The Morgan fingerprint density at radius 1 is 1.13 bits per heavy atom. The smallest absolute Gasteiger partial charge is 1.00 e. The van der Waals surface area contributed by atoms with Crippen LogP contribution in [0.5, 0.6) is 0 Å². The van der Waals surface area contributed by atoms with Crippen LogP contribution in [-0.4, -0.2) is 56.9 Å². The zero-order valence-corrected chi connectivity index (χ0v) is 18.2. The molecule has 0 saturated carbocycles. The number of hydrogen-bond donors (Lipinski definition) is 1. The number of anilines is 3. The fraction of sp³-hybridized carbons (Fsp3) is 0.333. The second kappa shape index (κ2) is 10.2. The Kier molecular flexibility index (Phi) is 7.60. The third-order valence-electron chi connectivity index (χ3n) is 4.95. The summed E-state index contributed by atoms with van der Waals surface area (Å²) < 4.78 is 10.1. The predicted octanol–water partition coefficient (Wildman–Crippen LogP) is 0.833. The van der Waals surface area contributed by atoms with E-state index >= 15 is 0 Å². The number of methoxy groups -OCH3 is 1. The van der Waals surface area contributed by atoms with Crippen molar-refractivity contribution in [3.63, 3.8) is 0 Å². The Balaban J connectivity index is 0.00000171. The quantitative estimate of drug-likeness (QED) is 0.745. The van der Waals surface area contributed by atoms with Gasteiger partial charge in [-0.3, -0.25) is 19.9 Å². The summed E-state index contributed by atoms with van der Waals surface area (Å²) in [5, 5.41) is 2.68. The van der Waals surface area contributed by atoms with Crippen molar-refractivity contribution in [2.24, 2.45) is 0 Å². The molecule has 2 amide bonds. The van der Waals surface area contributed by atoms with E-state index in [0.29, 0.717) is 31.9 Å². The number of morpholine rings is 1. The molecule has 0 aromatic heterocycles. The summed E-state index contributed by atoms with van der Waals surface area (Å²) in [6.45, 7) is 3.82. The molecular formula is C21H24ClN3O4S. The van der Waals surface area contributed by atoms with Crippen molar-refractivity contribution in [2.75, 3.05) is 50.2 Å². The van der Waals surface area contributed by atoms with Crippen molar-refractivity contribution in [3.8, 4) is 0 Å². The molecule has 0 bridgehead atoms. The number of nitrogens with zero attached hydrogens (tertiary/aromatic N) is 2. The zero-order valence-electron chi connectivity index (χ0n) is 17.6. The Bertz CT molecular complexity index is 927. The van der Waals surface area contributed by atoms with E-state index in [4.69, 9.17) is 4.74 Å². The lowest BCUT2D eigenvalue weighted by Crippen LogP contribution is -3.00. The molecule has 1 fully saturated rings. The molecule has 7 nitrogen and oxygen atoms in total. The normalized spacial score (nSPS) is 15.4. The monoisotopic (exact) mass is 449 g/mol. The summed E-state index contributed by atoms with van der Waals surface area (Å²) >= 11 is 1.62. The first-order valence-corrected chi connectivity index (χ1v) is 10.4. The lowest BCUT2D eigenvalue weighted by Gasteiger charge is -2.32. The van der Waals surface area contributed by atoms with Gasteiger partial charge in [0.25, 0.3) is 0 Å². The predicted molar refractivity (Wildman–Crippen MR) is 113 cm³/mol. The average molecular weight is 450 g/mol. The first-order valence-electron chi connectivity index (χ1n) is 9.54. The highest BCUT2D eigenvalue weighted by Crippen LogP contribution is 2.49. The summed E-state index contributed by atoms with van der Waals surface area (Å²) in [4.78, 5) is 30.9. The Labute approximate surface area is 187 Å². The summed E-state index contributed by atoms with van der Waals surface area (Å²) in [6, 6.07) is 13.4. The molecule has 0 atom stereocenters. The highest BCUT2D eigenvalue weighted by Gasteiger charge is 2.28. The molecular weight excluding hydrogens is 426 g/mol. The molecule has 0 spiro atoms. The van der Waals surface area contributed by atoms with Gasteiger partial charge in [0.05, 0.1) is 31.7 Å². The molecule has 0 aliphatic carbocycles. The van der Waals surface area contributed by atoms with E-state index < -0.39 is 6.09 Å². The van der Waals surface area contributed by atoms with Crippen LogP contribution in [0.4, 0.5) is 21.9 Å². The maximum atomic E-state index is 13.3. The number of hydrogen-bond acceptors (Lipinski definition) is 6. The molecule has 4 rings (SSSR count). The van der Waals surface area contributed by atoms with Crippen LogP contribution in [-0.2, 0) is 14.3 Å². The first-order chi connectivity index (χ1) is 14.2. The minimum atomic E-state index is -0.543. The topological polar surface area (TPSA) is 71.1 Å². The third kappa shape index (κ3) is 4.89. The Hall–Kier alpha value is -2.26. The van der Waals surface area contributed by atoms with Gasteiger partial charge in [0, 0.05) is 41.5 Å². The molecule has 1 N–H and O–H groups in total. The number of benzene rings is 2. The van der Waals surface area contributed by atoms with Crippen molar-refractivity contribution in [1.82, 2.24) is 4.90 Å². The van der Waals surface area contributed by atoms with Crippen LogP contribution in [0, 0.1) is 0 Å². The van der Waals surface area contributed by atoms with Crippen LogP contribution in [0.25, 0.3) is 0 Å². The molecule has 30 heavy (non-hydrogen) atoms. The molecule has 2 aromatic carbocycles. The maximum absolute atomic E-state index is 13.3. The van der Waals surface area contributed by atoms with Gasteiger partial charge in [-0.05, 0) is 30.3 Å². The minimum Gasteiger partial charge on any atom is -1.00 e. The zero-order chi connectivity index (χ0) is 20.2. The minimum absolute atomic E-state index is 0. The molecule has 2 aliphatic heterocycles. The van der Waals surface area contributed by atoms with Gasteiger partial charge in [-0.25, -0.2) is 4.79 Å². The van der Waals surface area contributed by atoms with Gasteiger partial charge in [-0.15, -0.1) is 0 Å². The van der Waals surface area contributed by atoms with Crippen LogP contribution in [0.1, 0.15) is 7.85 Å².